The molecule has 2 amide bonds. The summed E-state index contributed by atoms with van der Waals surface area (Å²) in [5.74, 6) is -0.521. The maximum Gasteiger partial charge on any atom is 0.256 e. The van der Waals surface area contributed by atoms with Gasteiger partial charge in [-0.05, 0) is 99.1 Å². The molecule has 5 rings (SSSR count). The number of carbonyl (C=O) groups excluding carboxylic acids is 3. The van der Waals surface area contributed by atoms with Gasteiger partial charge in [-0.2, -0.15) is 0 Å². The van der Waals surface area contributed by atoms with Crippen LogP contribution in [0, 0.1) is 0 Å². The molecule has 2 N–H and O–H groups in total. The molecular weight excluding hydrogens is 484 g/mol. The SMILES string of the molecule is CC(=O)c1ccc(N2C(=O)C(CC(=O)Nc3ccc4cc[nH]c4c3)N(CCC3=CCCCC3)C2=S)cc1. The molecule has 2 heterocycles. The Balaban J connectivity index is 1.36. The lowest BCUT2D eigenvalue weighted by molar-refractivity contribution is -0.124. The highest BCUT2D eigenvalue weighted by molar-refractivity contribution is 7.80. The van der Waals surface area contributed by atoms with E-state index in [2.05, 4.69) is 16.4 Å². The van der Waals surface area contributed by atoms with E-state index < -0.39 is 6.04 Å². The van der Waals surface area contributed by atoms with Gasteiger partial charge in [0.05, 0.1) is 12.1 Å². The smallest absolute Gasteiger partial charge is 0.256 e. The van der Waals surface area contributed by atoms with Crippen molar-refractivity contribution >= 4 is 57.2 Å². The van der Waals surface area contributed by atoms with E-state index in [1.54, 1.807) is 24.3 Å². The third-order valence-corrected chi connectivity index (χ3v) is 7.54. The molecule has 0 bridgehead atoms. The third-order valence-electron chi connectivity index (χ3n) is 7.13. The van der Waals surface area contributed by atoms with E-state index in [4.69, 9.17) is 12.2 Å². The summed E-state index contributed by atoms with van der Waals surface area (Å²) in [5.41, 5.74) is 4.15. The van der Waals surface area contributed by atoms with Crippen molar-refractivity contribution in [2.75, 3.05) is 16.8 Å². The summed E-state index contributed by atoms with van der Waals surface area (Å²) in [4.78, 5) is 45.0. The minimum absolute atomic E-state index is 0.0111. The molecule has 190 valence electrons. The van der Waals surface area contributed by atoms with E-state index in [0.29, 0.717) is 28.6 Å². The molecule has 0 radical (unpaired) electrons. The van der Waals surface area contributed by atoms with Gasteiger partial charge in [0.1, 0.15) is 6.04 Å². The third kappa shape index (κ3) is 5.34. The zero-order valence-electron chi connectivity index (χ0n) is 20.8. The second kappa shape index (κ2) is 10.7. The Labute approximate surface area is 221 Å². The lowest BCUT2D eigenvalue weighted by Crippen LogP contribution is -2.38. The first-order valence-electron chi connectivity index (χ1n) is 12.7. The highest BCUT2D eigenvalue weighted by Crippen LogP contribution is 2.30. The van der Waals surface area contributed by atoms with Crippen LogP contribution in [0.25, 0.3) is 10.9 Å². The number of Topliss-reactive ketones (excluding diaryl/α,β-unsaturated/α-hetero) is 1. The van der Waals surface area contributed by atoms with Gasteiger partial charge in [0, 0.05) is 29.5 Å². The van der Waals surface area contributed by atoms with Crippen molar-refractivity contribution in [2.24, 2.45) is 0 Å². The summed E-state index contributed by atoms with van der Waals surface area (Å²) >= 11 is 5.78. The number of hydrogen-bond donors (Lipinski definition) is 2. The summed E-state index contributed by atoms with van der Waals surface area (Å²) in [6.07, 6.45) is 9.50. The number of carbonyl (C=O) groups is 3. The lowest BCUT2D eigenvalue weighted by Gasteiger charge is -2.25. The van der Waals surface area contributed by atoms with Crippen molar-refractivity contribution in [1.82, 2.24) is 9.88 Å². The number of aromatic amines is 1. The number of nitrogens with zero attached hydrogens (tertiary/aromatic N) is 2. The standard InChI is InChI=1S/C29H30N4O3S/c1-19(34)21-8-11-24(12-9-21)33-28(36)26(32(29(33)37)16-14-20-5-3-2-4-6-20)18-27(35)31-23-10-7-22-13-15-30-25(22)17-23/h5,7-13,15,17,26,30H,2-4,6,14,16,18H2,1H3,(H,31,35). The minimum Gasteiger partial charge on any atom is -0.361 e. The number of H-pyrrole nitrogens is 1. The van der Waals surface area contributed by atoms with Gasteiger partial charge < -0.3 is 15.2 Å². The monoisotopic (exact) mass is 514 g/mol. The topological polar surface area (TPSA) is 85.5 Å². The molecule has 1 aliphatic carbocycles. The Morgan fingerprint density at radius 1 is 1.11 bits per heavy atom. The zero-order chi connectivity index (χ0) is 25.9. The second-order valence-electron chi connectivity index (χ2n) is 9.66. The van der Waals surface area contributed by atoms with Crippen molar-refractivity contribution in [3.8, 4) is 0 Å². The van der Waals surface area contributed by atoms with Crippen LogP contribution in [-0.2, 0) is 9.59 Å². The molecule has 7 nitrogen and oxygen atoms in total. The first-order valence-corrected chi connectivity index (χ1v) is 13.1. The average molecular weight is 515 g/mol. The van der Waals surface area contributed by atoms with Gasteiger partial charge in [0.25, 0.3) is 5.91 Å². The molecule has 1 saturated heterocycles. The predicted molar refractivity (Wildman–Crippen MR) is 150 cm³/mol. The van der Waals surface area contributed by atoms with Gasteiger partial charge in [-0.15, -0.1) is 0 Å². The van der Waals surface area contributed by atoms with E-state index in [1.165, 1.54) is 30.2 Å². The van der Waals surface area contributed by atoms with Crippen molar-refractivity contribution in [3.05, 3.63) is 71.9 Å². The molecule has 1 fully saturated rings. The van der Waals surface area contributed by atoms with Crippen LogP contribution >= 0.6 is 12.2 Å². The van der Waals surface area contributed by atoms with E-state index in [1.807, 2.05) is 35.4 Å². The largest absolute Gasteiger partial charge is 0.361 e. The Morgan fingerprint density at radius 2 is 1.92 bits per heavy atom. The molecule has 1 unspecified atom stereocenters. The minimum atomic E-state index is -0.696. The maximum absolute atomic E-state index is 13.7. The number of benzene rings is 2. The Bertz CT molecular complexity index is 1390. The Morgan fingerprint density at radius 3 is 2.65 bits per heavy atom. The van der Waals surface area contributed by atoms with Gasteiger partial charge >= 0.3 is 0 Å². The molecule has 1 atom stereocenters. The normalized spacial score (nSPS) is 17.9. The van der Waals surface area contributed by atoms with Crippen LogP contribution in [0.1, 0.15) is 55.8 Å². The maximum atomic E-state index is 13.7. The Kier molecular flexibility index (Phi) is 7.19. The number of hydrogen-bond acceptors (Lipinski definition) is 4. The lowest BCUT2D eigenvalue weighted by atomic mass is 9.97. The molecule has 37 heavy (non-hydrogen) atoms. The van der Waals surface area contributed by atoms with Crippen LogP contribution in [0.3, 0.4) is 0 Å². The number of amides is 2. The quantitative estimate of drug-likeness (QED) is 0.232. The molecule has 0 spiro atoms. The number of anilines is 2. The predicted octanol–water partition coefficient (Wildman–Crippen LogP) is 5.59. The van der Waals surface area contributed by atoms with E-state index in [-0.39, 0.29) is 24.0 Å². The van der Waals surface area contributed by atoms with Crippen LogP contribution in [0.15, 0.2) is 66.4 Å². The van der Waals surface area contributed by atoms with Gasteiger partial charge in [-0.25, -0.2) is 0 Å². The first-order chi connectivity index (χ1) is 17.9. The molecule has 0 saturated carbocycles. The number of nitrogens with one attached hydrogen (secondary N) is 2. The fraction of sp³-hybridized carbons (Fsp3) is 0.310. The van der Waals surface area contributed by atoms with Crippen molar-refractivity contribution in [2.45, 2.75) is 51.5 Å². The fourth-order valence-corrected chi connectivity index (χ4v) is 5.49. The Hall–Kier alpha value is -3.78. The molecular formula is C29H30N4O3S. The number of fused-ring (bicyclic) bond motifs is 1. The van der Waals surface area contributed by atoms with E-state index in [0.717, 1.165) is 30.2 Å². The molecule has 8 heteroatoms. The number of aromatic nitrogens is 1. The van der Waals surface area contributed by atoms with Crippen molar-refractivity contribution in [3.63, 3.8) is 0 Å². The highest BCUT2D eigenvalue weighted by atomic mass is 32.1. The fourth-order valence-electron chi connectivity index (χ4n) is 5.08. The molecule has 1 aromatic heterocycles. The van der Waals surface area contributed by atoms with Crippen LogP contribution < -0.4 is 10.2 Å². The van der Waals surface area contributed by atoms with E-state index in [9.17, 15) is 14.4 Å². The number of allylic oxidation sites excluding steroid dienone is 1. The van der Waals surface area contributed by atoms with Crippen LogP contribution in [0.5, 0.6) is 0 Å². The summed E-state index contributed by atoms with van der Waals surface area (Å²) in [5, 5.41) is 4.39. The summed E-state index contributed by atoms with van der Waals surface area (Å²) in [7, 11) is 0. The van der Waals surface area contributed by atoms with E-state index >= 15 is 0 Å². The summed E-state index contributed by atoms with van der Waals surface area (Å²) in [6, 6.07) is 13.8. The summed E-state index contributed by atoms with van der Waals surface area (Å²) < 4.78 is 0. The van der Waals surface area contributed by atoms with Crippen molar-refractivity contribution in [1.29, 1.82) is 0 Å². The van der Waals surface area contributed by atoms with Crippen LogP contribution in [0.4, 0.5) is 11.4 Å². The van der Waals surface area contributed by atoms with Gasteiger partial charge in [0.15, 0.2) is 10.9 Å². The zero-order valence-corrected chi connectivity index (χ0v) is 21.6. The van der Waals surface area contributed by atoms with Gasteiger partial charge in [-0.1, -0.05) is 17.7 Å². The number of rotatable bonds is 8. The second-order valence-corrected chi connectivity index (χ2v) is 10.0. The molecule has 1 aliphatic heterocycles. The van der Waals surface area contributed by atoms with Crippen molar-refractivity contribution < 1.29 is 14.4 Å². The number of thiocarbonyl (C=S) groups is 1. The average Bonchev–Trinajstić information content (AvgIpc) is 3.45. The highest BCUT2D eigenvalue weighted by Gasteiger charge is 2.44. The van der Waals surface area contributed by atoms with Crippen LogP contribution in [0.2, 0.25) is 0 Å². The summed E-state index contributed by atoms with van der Waals surface area (Å²) in [6.45, 7) is 2.08. The van der Waals surface area contributed by atoms with Crippen LogP contribution in [-0.4, -0.2) is 45.2 Å². The number of ketones is 1. The molecule has 2 aromatic carbocycles. The first kappa shape index (κ1) is 24.9. The van der Waals surface area contributed by atoms with Gasteiger partial charge in [-0.3, -0.25) is 19.3 Å². The molecule has 3 aromatic rings. The van der Waals surface area contributed by atoms with Gasteiger partial charge in [0.2, 0.25) is 5.91 Å². The molecule has 2 aliphatic rings.